The van der Waals surface area contributed by atoms with Gasteiger partial charge in [-0.2, -0.15) is 0 Å². The number of nitrogens with two attached hydrogens (primary N) is 1. The van der Waals surface area contributed by atoms with Crippen LogP contribution in [0.15, 0.2) is 24.3 Å². The lowest BCUT2D eigenvalue weighted by atomic mass is 10.2. The number of nitrogen functional groups attached to an aromatic ring is 1. The smallest absolute Gasteiger partial charge is 0.251 e. The minimum Gasteiger partial charge on any atom is -0.399 e. The summed E-state index contributed by atoms with van der Waals surface area (Å²) in [6.07, 6.45) is 0. The Hall–Kier alpha value is -2.04. The topological polar surface area (TPSA) is 84.2 Å². The van der Waals surface area contributed by atoms with E-state index >= 15 is 0 Å². The van der Waals surface area contributed by atoms with Crippen LogP contribution in [0.2, 0.25) is 0 Å². The number of amides is 2. The minimum absolute atomic E-state index is 0.198. The van der Waals surface area contributed by atoms with Crippen molar-refractivity contribution in [1.82, 2.24) is 10.6 Å². The zero-order valence-electron chi connectivity index (χ0n) is 9.99. The highest BCUT2D eigenvalue weighted by Gasteiger charge is 2.15. The van der Waals surface area contributed by atoms with Gasteiger partial charge in [0, 0.05) is 17.8 Å². The lowest BCUT2D eigenvalue weighted by molar-refractivity contribution is -0.122. The predicted octanol–water partition coefficient (Wildman–Crippen LogP) is 0.523. The third kappa shape index (κ3) is 3.79. The first-order valence-corrected chi connectivity index (χ1v) is 5.48. The average Bonchev–Trinajstić information content (AvgIpc) is 2.30. The van der Waals surface area contributed by atoms with Crippen molar-refractivity contribution in [1.29, 1.82) is 0 Å². The van der Waals surface area contributed by atoms with Gasteiger partial charge in [-0.15, -0.1) is 0 Å². The van der Waals surface area contributed by atoms with E-state index in [0.717, 1.165) is 0 Å². The predicted molar refractivity (Wildman–Crippen MR) is 66.5 cm³/mol. The second kappa shape index (κ2) is 5.89. The normalized spacial score (nSPS) is 11.6. The maximum atomic E-state index is 11.7. The number of carbonyl (C=O) groups excluding carboxylic acids is 2. The molecule has 4 N–H and O–H groups in total. The highest BCUT2D eigenvalue weighted by atomic mass is 16.2. The van der Waals surface area contributed by atoms with Gasteiger partial charge in [0.05, 0.1) is 0 Å². The van der Waals surface area contributed by atoms with Gasteiger partial charge in [0.15, 0.2) is 0 Å². The van der Waals surface area contributed by atoms with Gasteiger partial charge < -0.3 is 16.4 Å². The second-order valence-electron chi connectivity index (χ2n) is 3.71. The number of hydrogen-bond acceptors (Lipinski definition) is 3. The molecule has 5 heteroatoms. The first kappa shape index (κ1) is 13.0. The van der Waals surface area contributed by atoms with Gasteiger partial charge in [-0.3, -0.25) is 9.59 Å². The molecule has 0 bridgehead atoms. The molecule has 5 nitrogen and oxygen atoms in total. The van der Waals surface area contributed by atoms with E-state index < -0.39 is 6.04 Å². The largest absolute Gasteiger partial charge is 0.399 e. The van der Waals surface area contributed by atoms with Gasteiger partial charge in [-0.1, -0.05) is 0 Å². The lowest BCUT2D eigenvalue weighted by Crippen LogP contribution is -2.44. The fraction of sp³-hybridized carbons (Fsp3) is 0.333. The standard InChI is InChI=1S/C12H17N3O2/c1-3-14-11(16)8(2)15-12(17)9-4-6-10(13)7-5-9/h4-8H,3,13H2,1-2H3,(H,14,16)(H,15,17). The maximum Gasteiger partial charge on any atom is 0.251 e. The first-order chi connectivity index (χ1) is 8.04. The molecule has 1 unspecified atom stereocenters. The lowest BCUT2D eigenvalue weighted by Gasteiger charge is -2.13. The number of hydrogen-bond donors (Lipinski definition) is 3. The van der Waals surface area contributed by atoms with E-state index in [1.54, 1.807) is 31.2 Å². The molecule has 0 spiro atoms. The molecule has 0 radical (unpaired) electrons. The SMILES string of the molecule is CCNC(=O)C(C)NC(=O)c1ccc(N)cc1. The van der Waals surface area contributed by atoms with E-state index in [2.05, 4.69) is 10.6 Å². The van der Waals surface area contributed by atoms with Crippen LogP contribution in [0, 0.1) is 0 Å². The Balaban J connectivity index is 2.60. The van der Waals surface area contributed by atoms with Crippen LogP contribution < -0.4 is 16.4 Å². The van der Waals surface area contributed by atoms with E-state index in [1.807, 2.05) is 6.92 Å². The van der Waals surface area contributed by atoms with Gasteiger partial charge >= 0.3 is 0 Å². The summed E-state index contributed by atoms with van der Waals surface area (Å²) in [5.74, 6) is -0.486. The van der Waals surface area contributed by atoms with Crippen molar-refractivity contribution in [2.45, 2.75) is 19.9 Å². The molecule has 92 valence electrons. The second-order valence-corrected chi connectivity index (χ2v) is 3.71. The quantitative estimate of drug-likeness (QED) is 0.665. The Labute approximate surface area is 100 Å². The van der Waals surface area contributed by atoms with Gasteiger partial charge in [0.2, 0.25) is 5.91 Å². The third-order valence-corrected chi connectivity index (χ3v) is 2.26. The molecular formula is C12H17N3O2. The number of anilines is 1. The van der Waals surface area contributed by atoms with Crippen molar-refractivity contribution in [2.24, 2.45) is 0 Å². The number of rotatable bonds is 4. The summed E-state index contributed by atoms with van der Waals surface area (Å²) in [5, 5.41) is 5.25. The summed E-state index contributed by atoms with van der Waals surface area (Å²) >= 11 is 0. The fourth-order valence-corrected chi connectivity index (χ4v) is 1.31. The van der Waals surface area contributed by atoms with Crippen LogP contribution in [0.3, 0.4) is 0 Å². The summed E-state index contributed by atoms with van der Waals surface area (Å²) in [7, 11) is 0. The Bertz CT molecular complexity index is 401. The van der Waals surface area contributed by atoms with E-state index in [9.17, 15) is 9.59 Å². The molecule has 0 aliphatic rings. The van der Waals surface area contributed by atoms with Gasteiger partial charge in [-0.05, 0) is 38.1 Å². The van der Waals surface area contributed by atoms with Crippen LogP contribution in [0.5, 0.6) is 0 Å². The molecule has 0 saturated heterocycles. The van der Waals surface area contributed by atoms with Crippen molar-refractivity contribution in [3.05, 3.63) is 29.8 Å². The monoisotopic (exact) mass is 235 g/mol. The molecule has 0 heterocycles. The molecule has 0 aliphatic heterocycles. The molecular weight excluding hydrogens is 218 g/mol. The third-order valence-electron chi connectivity index (χ3n) is 2.26. The van der Waals surface area contributed by atoms with E-state index in [-0.39, 0.29) is 11.8 Å². The molecule has 0 fully saturated rings. The van der Waals surface area contributed by atoms with Crippen molar-refractivity contribution in [3.8, 4) is 0 Å². The molecule has 1 rings (SSSR count). The highest BCUT2D eigenvalue weighted by molar-refractivity contribution is 5.97. The van der Waals surface area contributed by atoms with Crippen LogP contribution in [0.1, 0.15) is 24.2 Å². The van der Waals surface area contributed by atoms with Gasteiger partial charge in [0.25, 0.3) is 5.91 Å². The molecule has 0 aromatic heterocycles. The van der Waals surface area contributed by atoms with Crippen molar-refractivity contribution < 1.29 is 9.59 Å². The molecule has 2 amide bonds. The summed E-state index contributed by atoms with van der Waals surface area (Å²) in [6, 6.07) is 5.97. The van der Waals surface area contributed by atoms with Crippen LogP contribution in [-0.2, 0) is 4.79 Å². The average molecular weight is 235 g/mol. The summed E-state index contributed by atoms with van der Waals surface area (Å²) < 4.78 is 0. The van der Waals surface area contributed by atoms with Crippen LogP contribution >= 0.6 is 0 Å². The number of carbonyl (C=O) groups is 2. The number of nitrogens with one attached hydrogen (secondary N) is 2. The first-order valence-electron chi connectivity index (χ1n) is 5.48. The number of likely N-dealkylation sites (N-methyl/N-ethyl adjacent to an activating group) is 1. The van der Waals surface area contributed by atoms with Crippen molar-refractivity contribution in [3.63, 3.8) is 0 Å². The molecule has 0 saturated carbocycles. The molecule has 1 atom stereocenters. The Morgan fingerprint density at radius 1 is 1.29 bits per heavy atom. The van der Waals surface area contributed by atoms with Crippen molar-refractivity contribution in [2.75, 3.05) is 12.3 Å². The summed E-state index contributed by atoms with van der Waals surface area (Å²) in [6.45, 7) is 4.01. The Morgan fingerprint density at radius 3 is 2.41 bits per heavy atom. The Kier molecular flexibility index (Phi) is 4.51. The highest BCUT2D eigenvalue weighted by Crippen LogP contribution is 2.05. The molecule has 1 aromatic carbocycles. The van der Waals surface area contributed by atoms with Crippen LogP contribution in [0.4, 0.5) is 5.69 Å². The van der Waals surface area contributed by atoms with Gasteiger partial charge in [-0.25, -0.2) is 0 Å². The number of benzene rings is 1. The fourth-order valence-electron chi connectivity index (χ4n) is 1.31. The molecule has 1 aromatic rings. The van der Waals surface area contributed by atoms with Gasteiger partial charge in [0.1, 0.15) is 6.04 Å². The minimum atomic E-state index is -0.556. The molecule has 17 heavy (non-hydrogen) atoms. The maximum absolute atomic E-state index is 11.7. The Morgan fingerprint density at radius 2 is 1.88 bits per heavy atom. The zero-order valence-corrected chi connectivity index (χ0v) is 9.99. The van der Waals surface area contributed by atoms with Crippen molar-refractivity contribution >= 4 is 17.5 Å². The van der Waals surface area contributed by atoms with Crippen LogP contribution in [0.25, 0.3) is 0 Å². The van der Waals surface area contributed by atoms with Crippen LogP contribution in [-0.4, -0.2) is 24.4 Å². The van der Waals surface area contributed by atoms with E-state index in [4.69, 9.17) is 5.73 Å². The summed E-state index contributed by atoms with van der Waals surface area (Å²) in [4.78, 5) is 23.2. The molecule has 0 aliphatic carbocycles. The van der Waals surface area contributed by atoms with E-state index in [1.165, 1.54) is 0 Å². The van der Waals surface area contributed by atoms with E-state index in [0.29, 0.717) is 17.8 Å². The summed E-state index contributed by atoms with van der Waals surface area (Å²) in [5.41, 5.74) is 6.60. The zero-order chi connectivity index (χ0) is 12.8.